The molecule has 1 saturated heterocycles. The summed E-state index contributed by atoms with van der Waals surface area (Å²) in [6.45, 7) is 2.28. The van der Waals surface area contributed by atoms with Crippen LogP contribution in [0.4, 0.5) is 0 Å². The van der Waals surface area contributed by atoms with E-state index in [1.807, 2.05) is 23.9 Å². The number of nitrogens with zero attached hydrogens (tertiary/aromatic N) is 2. The third-order valence-electron chi connectivity index (χ3n) is 3.04. The van der Waals surface area contributed by atoms with Gasteiger partial charge in [-0.2, -0.15) is 11.8 Å². The first-order valence-electron chi connectivity index (χ1n) is 6.97. The van der Waals surface area contributed by atoms with Gasteiger partial charge >= 0.3 is 0 Å². The number of aliphatic imine (C=N–C) groups is 1. The Morgan fingerprint density at radius 3 is 3.20 bits per heavy atom. The predicted molar refractivity (Wildman–Crippen MR) is 84.6 cm³/mol. The second-order valence-corrected chi connectivity index (χ2v) is 5.96. The van der Waals surface area contributed by atoms with Crippen LogP contribution in [0.1, 0.15) is 12.8 Å². The van der Waals surface area contributed by atoms with Crippen LogP contribution in [-0.4, -0.2) is 48.7 Å². The Labute approximate surface area is 124 Å². The molecule has 1 aliphatic heterocycles. The molecule has 0 amide bonds. The van der Waals surface area contributed by atoms with E-state index in [9.17, 15) is 0 Å². The van der Waals surface area contributed by atoms with E-state index in [1.165, 1.54) is 18.6 Å². The van der Waals surface area contributed by atoms with Crippen LogP contribution >= 0.6 is 11.8 Å². The summed E-state index contributed by atoms with van der Waals surface area (Å²) < 4.78 is 5.57. The summed E-state index contributed by atoms with van der Waals surface area (Å²) in [4.78, 5) is 8.22. The number of thioether (sulfide) groups is 1. The van der Waals surface area contributed by atoms with Crippen molar-refractivity contribution >= 4 is 17.7 Å². The average Bonchev–Trinajstić information content (AvgIpc) is 3.01. The Morgan fingerprint density at radius 1 is 1.55 bits per heavy atom. The molecule has 2 rings (SSSR count). The van der Waals surface area contributed by atoms with Crippen molar-refractivity contribution in [1.29, 1.82) is 0 Å². The van der Waals surface area contributed by atoms with Gasteiger partial charge < -0.3 is 15.4 Å². The summed E-state index contributed by atoms with van der Waals surface area (Å²) in [6.07, 6.45) is 6.09. The van der Waals surface area contributed by atoms with Gasteiger partial charge in [-0.3, -0.25) is 9.98 Å². The summed E-state index contributed by atoms with van der Waals surface area (Å²) in [5.41, 5.74) is 0. The third kappa shape index (κ3) is 5.28. The van der Waals surface area contributed by atoms with Gasteiger partial charge in [0.1, 0.15) is 12.4 Å². The minimum Gasteiger partial charge on any atom is -0.490 e. The Hall–Kier alpha value is -1.43. The normalized spacial score (nSPS) is 18.9. The monoisotopic (exact) mass is 294 g/mol. The highest BCUT2D eigenvalue weighted by atomic mass is 32.2. The fourth-order valence-electron chi connectivity index (χ4n) is 2.01. The number of ether oxygens (including phenoxy) is 1. The summed E-state index contributed by atoms with van der Waals surface area (Å²) in [5.74, 6) is 2.92. The van der Waals surface area contributed by atoms with Gasteiger partial charge in [0, 0.05) is 25.0 Å². The standard InChI is InChI=1S/C14H22N4OS/c1-15-14(18-11-13-5-3-9-20-13)17-7-8-19-12-4-2-6-16-10-12/h2,4,6,10,13H,3,5,7-9,11H2,1H3,(H2,15,17,18). The number of rotatable bonds is 6. The first-order valence-corrected chi connectivity index (χ1v) is 8.02. The first kappa shape index (κ1) is 15.0. The second kappa shape index (κ2) is 8.68. The van der Waals surface area contributed by atoms with Gasteiger partial charge in [0.05, 0.1) is 12.7 Å². The van der Waals surface area contributed by atoms with Crippen LogP contribution in [0.3, 0.4) is 0 Å². The van der Waals surface area contributed by atoms with Gasteiger partial charge in [0.15, 0.2) is 5.96 Å². The molecule has 1 aromatic heterocycles. The molecule has 0 spiro atoms. The average molecular weight is 294 g/mol. The van der Waals surface area contributed by atoms with Gasteiger partial charge in [-0.15, -0.1) is 0 Å². The number of guanidine groups is 1. The van der Waals surface area contributed by atoms with Crippen molar-refractivity contribution in [3.63, 3.8) is 0 Å². The van der Waals surface area contributed by atoms with Crippen molar-refractivity contribution < 1.29 is 4.74 Å². The van der Waals surface area contributed by atoms with E-state index in [0.29, 0.717) is 13.2 Å². The smallest absolute Gasteiger partial charge is 0.191 e. The summed E-state index contributed by atoms with van der Waals surface area (Å²) in [6, 6.07) is 3.76. The molecule has 110 valence electrons. The second-order valence-electron chi connectivity index (χ2n) is 4.55. The lowest BCUT2D eigenvalue weighted by Crippen LogP contribution is -2.41. The quantitative estimate of drug-likeness (QED) is 0.473. The molecule has 0 saturated carbocycles. The van der Waals surface area contributed by atoms with Crippen molar-refractivity contribution in [1.82, 2.24) is 15.6 Å². The van der Waals surface area contributed by atoms with Crippen LogP contribution in [0.5, 0.6) is 5.75 Å². The van der Waals surface area contributed by atoms with Crippen LogP contribution in [0, 0.1) is 0 Å². The number of pyridine rings is 1. The zero-order valence-corrected chi connectivity index (χ0v) is 12.7. The van der Waals surface area contributed by atoms with Crippen molar-refractivity contribution in [3.8, 4) is 5.75 Å². The molecule has 1 fully saturated rings. The molecule has 0 radical (unpaired) electrons. The summed E-state index contributed by atoms with van der Waals surface area (Å²) in [5, 5.41) is 7.33. The highest BCUT2D eigenvalue weighted by Crippen LogP contribution is 2.25. The molecular formula is C14H22N4OS. The van der Waals surface area contributed by atoms with Crippen molar-refractivity contribution in [3.05, 3.63) is 24.5 Å². The number of hydrogen-bond acceptors (Lipinski definition) is 4. The molecule has 1 aromatic rings. The maximum Gasteiger partial charge on any atom is 0.191 e. The van der Waals surface area contributed by atoms with Crippen LogP contribution in [0.2, 0.25) is 0 Å². The van der Waals surface area contributed by atoms with E-state index in [4.69, 9.17) is 4.74 Å². The largest absolute Gasteiger partial charge is 0.490 e. The molecule has 2 heterocycles. The molecule has 20 heavy (non-hydrogen) atoms. The number of nitrogens with one attached hydrogen (secondary N) is 2. The Morgan fingerprint density at radius 2 is 2.50 bits per heavy atom. The fraction of sp³-hybridized carbons (Fsp3) is 0.571. The van der Waals surface area contributed by atoms with E-state index in [-0.39, 0.29) is 0 Å². The van der Waals surface area contributed by atoms with E-state index < -0.39 is 0 Å². The van der Waals surface area contributed by atoms with Crippen molar-refractivity contribution in [2.24, 2.45) is 4.99 Å². The molecule has 0 aromatic carbocycles. The molecule has 2 N–H and O–H groups in total. The SMILES string of the molecule is CN=C(NCCOc1cccnc1)NCC1CCCS1. The molecular weight excluding hydrogens is 272 g/mol. The molecule has 1 atom stereocenters. The highest BCUT2D eigenvalue weighted by molar-refractivity contribution is 8.00. The molecule has 5 nitrogen and oxygen atoms in total. The Bertz CT molecular complexity index is 407. The van der Waals surface area contributed by atoms with Crippen molar-refractivity contribution in [2.75, 3.05) is 32.5 Å². The Balaban J connectivity index is 1.59. The van der Waals surface area contributed by atoms with Crippen LogP contribution in [0.25, 0.3) is 0 Å². The fourth-order valence-corrected chi connectivity index (χ4v) is 3.21. The lowest BCUT2D eigenvalue weighted by Gasteiger charge is -2.15. The molecule has 0 bridgehead atoms. The topological polar surface area (TPSA) is 58.5 Å². The maximum absolute atomic E-state index is 5.57. The van der Waals surface area contributed by atoms with Gasteiger partial charge in [-0.05, 0) is 30.7 Å². The van der Waals surface area contributed by atoms with E-state index in [0.717, 1.165) is 23.5 Å². The van der Waals surface area contributed by atoms with Crippen molar-refractivity contribution in [2.45, 2.75) is 18.1 Å². The number of hydrogen-bond donors (Lipinski definition) is 2. The first-order chi connectivity index (χ1) is 9.88. The van der Waals surface area contributed by atoms with Crippen LogP contribution in [-0.2, 0) is 0 Å². The lowest BCUT2D eigenvalue weighted by atomic mass is 10.2. The maximum atomic E-state index is 5.57. The van der Waals surface area contributed by atoms with E-state index in [2.05, 4.69) is 20.6 Å². The highest BCUT2D eigenvalue weighted by Gasteiger charge is 2.15. The lowest BCUT2D eigenvalue weighted by molar-refractivity contribution is 0.320. The zero-order chi connectivity index (χ0) is 14.0. The summed E-state index contributed by atoms with van der Waals surface area (Å²) >= 11 is 2.04. The third-order valence-corrected chi connectivity index (χ3v) is 4.44. The van der Waals surface area contributed by atoms with Gasteiger partial charge in [-0.25, -0.2) is 0 Å². The minimum absolute atomic E-state index is 0.588. The van der Waals surface area contributed by atoms with Gasteiger partial charge in [0.2, 0.25) is 0 Å². The van der Waals surface area contributed by atoms with Crippen LogP contribution < -0.4 is 15.4 Å². The summed E-state index contributed by atoms with van der Waals surface area (Å²) in [7, 11) is 1.79. The van der Waals surface area contributed by atoms with E-state index >= 15 is 0 Å². The van der Waals surface area contributed by atoms with E-state index in [1.54, 1.807) is 19.4 Å². The van der Waals surface area contributed by atoms with Gasteiger partial charge in [0.25, 0.3) is 0 Å². The molecule has 6 heteroatoms. The zero-order valence-electron chi connectivity index (χ0n) is 11.8. The molecule has 0 aliphatic carbocycles. The molecule has 1 aliphatic rings. The minimum atomic E-state index is 0.588. The van der Waals surface area contributed by atoms with Gasteiger partial charge in [-0.1, -0.05) is 0 Å². The molecule has 1 unspecified atom stereocenters. The predicted octanol–water partition coefficient (Wildman–Crippen LogP) is 1.52. The Kier molecular flexibility index (Phi) is 6.50. The van der Waals surface area contributed by atoms with Crippen LogP contribution in [0.15, 0.2) is 29.5 Å². The number of aromatic nitrogens is 1.